The number of hydrogen-bond acceptors (Lipinski definition) is 3. The van der Waals surface area contributed by atoms with Gasteiger partial charge in [-0.3, -0.25) is 10.1 Å². The number of nitrogens with zero attached hydrogens (tertiary/aromatic N) is 1. The second-order valence-corrected chi connectivity index (χ2v) is 12.4. The Morgan fingerprint density at radius 3 is 1.82 bits per heavy atom. The summed E-state index contributed by atoms with van der Waals surface area (Å²) >= 11 is 9.99. The first-order valence-electron chi connectivity index (χ1n) is 8.93. The van der Waals surface area contributed by atoms with Gasteiger partial charge in [-0.05, 0) is 36.1 Å². The van der Waals surface area contributed by atoms with Crippen LogP contribution >= 0.6 is 22.0 Å². The van der Waals surface area contributed by atoms with Crippen molar-refractivity contribution >= 4 is 44.4 Å². The average Bonchev–Trinajstić information content (AvgIpc) is 2.67. The van der Waals surface area contributed by atoms with Gasteiger partial charge in [0.1, 0.15) is 0 Å². The molecule has 0 aliphatic rings. The second-order valence-electron chi connectivity index (χ2n) is 6.88. The monoisotopic (exact) mass is 473 g/mol. The number of nitro groups is 1. The fourth-order valence-electron chi connectivity index (χ4n) is 3.34. The van der Waals surface area contributed by atoms with E-state index in [1.165, 1.54) is 0 Å². The molecule has 28 heavy (non-hydrogen) atoms. The molecular formula is C22H21BrNO2PS. The number of rotatable bonds is 6. The normalized spacial score (nSPS) is 12.5. The van der Waals surface area contributed by atoms with Crippen LogP contribution < -0.4 is 10.6 Å². The van der Waals surface area contributed by atoms with Crippen LogP contribution in [0.1, 0.15) is 22.3 Å². The standard InChI is InChI=1S/C22H21BrNO2PS/c1-16-7-11-18(12-8-16)27(28,19-13-9-17(2)10-14-19)22(15-24(25)26)20-5-3-4-6-21(20)23/h3-14,22H,15H2,1-2H3. The molecule has 0 aromatic heterocycles. The molecule has 3 nitrogen and oxygen atoms in total. The van der Waals surface area contributed by atoms with Gasteiger partial charge >= 0.3 is 0 Å². The van der Waals surface area contributed by atoms with E-state index in [1.54, 1.807) is 0 Å². The van der Waals surface area contributed by atoms with Crippen molar-refractivity contribution in [2.75, 3.05) is 6.54 Å². The van der Waals surface area contributed by atoms with Crippen molar-refractivity contribution in [3.05, 3.63) is 104 Å². The van der Waals surface area contributed by atoms with Gasteiger partial charge in [0.25, 0.3) is 0 Å². The van der Waals surface area contributed by atoms with Crippen molar-refractivity contribution in [2.45, 2.75) is 19.5 Å². The highest BCUT2D eigenvalue weighted by Gasteiger charge is 2.37. The van der Waals surface area contributed by atoms with E-state index in [9.17, 15) is 10.1 Å². The molecule has 3 rings (SSSR count). The number of halogens is 1. The third kappa shape index (κ3) is 4.27. The van der Waals surface area contributed by atoms with E-state index in [2.05, 4.69) is 15.9 Å². The van der Waals surface area contributed by atoms with Gasteiger partial charge in [-0.2, -0.15) is 0 Å². The first-order chi connectivity index (χ1) is 13.3. The Labute approximate surface area is 179 Å². The Kier molecular flexibility index (Phi) is 6.49. The predicted molar refractivity (Wildman–Crippen MR) is 125 cm³/mol. The van der Waals surface area contributed by atoms with E-state index >= 15 is 0 Å². The average molecular weight is 474 g/mol. The minimum Gasteiger partial charge on any atom is -0.265 e. The van der Waals surface area contributed by atoms with Gasteiger partial charge in [-0.25, -0.2) is 0 Å². The molecule has 0 heterocycles. The Balaban J connectivity index is 2.30. The minimum absolute atomic E-state index is 0.207. The minimum atomic E-state index is -2.51. The molecular weight excluding hydrogens is 453 g/mol. The number of benzene rings is 3. The van der Waals surface area contributed by atoms with Crippen LogP contribution in [0.2, 0.25) is 0 Å². The maximum atomic E-state index is 11.7. The van der Waals surface area contributed by atoms with Gasteiger partial charge in [-0.1, -0.05) is 106 Å². The largest absolute Gasteiger partial charge is 0.265 e. The zero-order valence-electron chi connectivity index (χ0n) is 15.7. The van der Waals surface area contributed by atoms with Crippen LogP contribution in [-0.2, 0) is 11.8 Å². The molecule has 6 heteroatoms. The molecule has 0 saturated carbocycles. The highest BCUT2D eigenvalue weighted by molar-refractivity contribution is 9.10. The molecule has 0 spiro atoms. The summed E-state index contributed by atoms with van der Waals surface area (Å²) in [5.74, 6) is 0. The molecule has 3 aromatic carbocycles. The highest BCUT2D eigenvalue weighted by Crippen LogP contribution is 2.58. The summed E-state index contributed by atoms with van der Waals surface area (Å²) in [6.45, 7) is 3.85. The fraction of sp³-hybridized carbons (Fsp3) is 0.182. The third-order valence-electron chi connectivity index (χ3n) is 4.86. The van der Waals surface area contributed by atoms with Crippen LogP contribution in [0.3, 0.4) is 0 Å². The maximum absolute atomic E-state index is 11.7. The van der Waals surface area contributed by atoms with E-state index in [-0.39, 0.29) is 11.5 Å². The summed E-state index contributed by atoms with van der Waals surface area (Å²) in [6.07, 6.45) is 0. The van der Waals surface area contributed by atoms with Crippen molar-refractivity contribution in [1.82, 2.24) is 0 Å². The maximum Gasteiger partial charge on any atom is 0.215 e. The van der Waals surface area contributed by atoms with E-state index in [1.807, 2.05) is 86.6 Å². The van der Waals surface area contributed by atoms with Gasteiger partial charge in [0.15, 0.2) is 0 Å². The van der Waals surface area contributed by atoms with E-state index in [0.717, 1.165) is 31.8 Å². The number of aryl methyl sites for hydroxylation is 2. The van der Waals surface area contributed by atoms with Crippen LogP contribution in [0.15, 0.2) is 77.3 Å². The van der Waals surface area contributed by atoms with Crippen LogP contribution in [0.25, 0.3) is 0 Å². The molecule has 0 amide bonds. The topological polar surface area (TPSA) is 43.1 Å². The van der Waals surface area contributed by atoms with Gasteiger partial charge in [0.2, 0.25) is 6.54 Å². The van der Waals surface area contributed by atoms with Crippen molar-refractivity contribution in [2.24, 2.45) is 0 Å². The molecule has 0 bridgehead atoms. The van der Waals surface area contributed by atoms with E-state index in [4.69, 9.17) is 11.8 Å². The van der Waals surface area contributed by atoms with Gasteiger partial charge in [0, 0.05) is 15.4 Å². The molecule has 0 fully saturated rings. The van der Waals surface area contributed by atoms with Crippen LogP contribution in [0.4, 0.5) is 0 Å². The molecule has 0 saturated heterocycles. The third-order valence-corrected chi connectivity index (χ3v) is 11.1. The lowest BCUT2D eigenvalue weighted by atomic mass is 10.1. The Morgan fingerprint density at radius 2 is 1.39 bits per heavy atom. The first-order valence-corrected chi connectivity index (χ1v) is 12.6. The summed E-state index contributed by atoms with van der Waals surface area (Å²) in [6, 6.07) is 21.5. The second kappa shape index (κ2) is 8.69. The Morgan fingerprint density at radius 1 is 0.929 bits per heavy atom. The molecule has 0 N–H and O–H groups in total. The van der Waals surface area contributed by atoms with Crippen molar-refractivity contribution in [1.29, 1.82) is 0 Å². The number of hydrogen-bond donors (Lipinski definition) is 0. The molecule has 1 unspecified atom stereocenters. The Hall–Kier alpha value is -1.81. The van der Waals surface area contributed by atoms with E-state index < -0.39 is 11.7 Å². The summed E-state index contributed by atoms with van der Waals surface area (Å²) in [5, 5.41) is 13.7. The molecule has 144 valence electrons. The van der Waals surface area contributed by atoms with Gasteiger partial charge in [-0.15, -0.1) is 0 Å². The zero-order valence-corrected chi connectivity index (χ0v) is 19.0. The highest BCUT2D eigenvalue weighted by atomic mass is 79.9. The Bertz CT molecular complexity index is 986. The van der Waals surface area contributed by atoms with Crippen molar-refractivity contribution in [3.63, 3.8) is 0 Å². The van der Waals surface area contributed by atoms with Crippen LogP contribution in [-0.4, -0.2) is 11.5 Å². The molecule has 0 aliphatic heterocycles. The SMILES string of the molecule is Cc1ccc(P(=S)(c2ccc(C)cc2)C(C[N+](=O)[O-])c2ccccc2Br)cc1. The van der Waals surface area contributed by atoms with Crippen molar-refractivity contribution < 1.29 is 4.92 Å². The molecule has 0 aliphatic carbocycles. The summed E-state index contributed by atoms with van der Waals surface area (Å²) in [4.78, 5) is 11.4. The smallest absolute Gasteiger partial charge is 0.215 e. The fourth-order valence-corrected chi connectivity index (χ4v) is 8.53. The molecule has 0 radical (unpaired) electrons. The molecule has 1 atom stereocenters. The lowest BCUT2D eigenvalue weighted by molar-refractivity contribution is -0.479. The van der Waals surface area contributed by atoms with Crippen LogP contribution in [0.5, 0.6) is 0 Å². The predicted octanol–water partition coefficient (Wildman–Crippen LogP) is 5.51. The first kappa shape index (κ1) is 20.9. The van der Waals surface area contributed by atoms with E-state index in [0.29, 0.717) is 0 Å². The van der Waals surface area contributed by atoms with Crippen molar-refractivity contribution in [3.8, 4) is 0 Å². The molecule has 3 aromatic rings. The summed E-state index contributed by atoms with van der Waals surface area (Å²) < 4.78 is 0.857. The van der Waals surface area contributed by atoms with Crippen LogP contribution in [0, 0.1) is 24.0 Å². The van der Waals surface area contributed by atoms with Gasteiger partial charge in [0.05, 0.1) is 5.66 Å². The van der Waals surface area contributed by atoms with Gasteiger partial charge < -0.3 is 0 Å². The lowest BCUT2D eigenvalue weighted by Gasteiger charge is -2.31. The quantitative estimate of drug-likeness (QED) is 0.269. The summed E-state index contributed by atoms with van der Waals surface area (Å²) in [7, 11) is 0. The summed E-state index contributed by atoms with van der Waals surface area (Å²) in [5.41, 5.74) is 2.77. The zero-order chi connectivity index (χ0) is 20.3. The lowest BCUT2D eigenvalue weighted by Crippen LogP contribution is -2.26.